The van der Waals surface area contributed by atoms with Gasteiger partial charge in [0.1, 0.15) is 5.58 Å². The van der Waals surface area contributed by atoms with Gasteiger partial charge in [-0.05, 0) is 37.8 Å². The zero-order valence-corrected chi connectivity index (χ0v) is 17.1. The van der Waals surface area contributed by atoms with E-state index >= 15 is 0 Å². The summed E-state index contributed by atoms with van der Waals surface area (Å²) in [4.78, 5) is 14.7. The summed E-state index contributed by atoms with van der Waals surface area (Å²) in [5.74, 6) is 0.143. The van der Waals surface area contributed by atoms with E-state index in [-0.39, 0.29) is 5.91 Å². The fraction of sp³-hybridized carbons (Fsp3) is 0.550. The first kappa shape index (κ1) is 19.4. The predicted octanol–water partition coefficient (Wildman–Crippen LogP) is 2.62. The van der Waals surface area contributed by atoms with Crippen LogP contribution in [0.3, 0.4) is 0 Å². The summed E-state index contributed by atoms with van der Waals surface area (Å²) in [7, 11) is -3.44. The molecule has 0 bridgehead atoms. The number of para-hydroxylation sites is 1. The molecule has 2 aromatic rings. The minimum absolute atomic E-state index is 0.173. The Balaban J connectivity index is 1.47. The molecule has 1 aromatic heterocycles. The van der Waals surface area contributed by atoms with Crippen molar-refractivity contribution in [2.45, 2.75) is 32.6 Å². The van der Waals surface area contributed by atoms with Crippen molar-refractivity contribution in [1.82, 2.24) is 13.5 Å². The van der Waals surface area contributed by atoms with Crippen molar-refractivity contribution in [3.8, 4) is 0 Å². The number of carbonyl (C=O) groups is 1. The van der Waals surface area contributed by atoms with Crippen LogP contribution < -0.4 is 0 Å². The highest BCUT2D eigenvalue weighted by atomic mass is 32.2. The van der Waals surface area contributed by atoms with Crippen LogP contribution in [-0.4, -0.2) is 67.1 Å². The van der Waals surface area contributed by atoms with Gasteiger partial charge < -0.3 is 9.32 Å². The SMILES string of the molecule is Cc1cccc2cc(C(=O)N3CCCN(S(=O)(=O)N4CCCCC4)CC3)oc12. The highest BCUT2D eigenvalue weighted by Crippen LogP contribution is 2.24. The Morgan fingerprint density at radius 1 is 0.929 bits per heavy atom. The Hall–Kier alpha value is -1.90. The van der Waals surface area contributed by atoms with Gasteiger partial charge in [-0.2, -0.15) is 17.0 Å². The molecule has 2 aliphatic rings. The van der Waals surface area contributed by atoms with Gasteiger partial charge in [0.05, 0.1) is 0 Å². The normalized spacial score (nSPS) is 20.4. The van der Waals surface area contributed by atoms with Crippen LogP contribution in [0.4, 0.5) is 0 Å². The van der Waals surface area contributed by atoms with E-state index in [4.69, 9.17) is 4.42 Å². The highest BCUT2D eigenvalue weighted by Gasteiger charge is 2.33. The van der Waals surface area contributed by atoms with Gasteiger partial charge in [-0.1, -0.05) is 24.6 Å². The molecule has 4 rings (SSSR count). The van der Waals surface area contributed by atoms with Crippen molar-refractivity contribution >= 4 is 27.1 Å². The molecule has 1 amide bonds. The second-order valence-electron chi connectivity index (χ2n) is 7.62. The summed E-state index contributed by atoms with van der Waals surface area (Å²) in [6, 6.07) is 7.60. The Morgan fingerprint density at radius 3 is 2.39 bits per heavy atom. The summed E-state index contributed by atoms with van der Waals surface area (Å²) in [5.41, 5.74) is 1.72. The summed E-state index contributed by atoms with van der Waals surface area (Å²) in [6.07, 6.45) is 3.55. The molecule has 1 aromatic carbocycles. The van der Waals surface area contributed by atoms with Crippen molar-refractivity contribution in [1.29, 1.82) is 0 Å². The van der Waals surface area contributed by atoms with E-state index in [0.29, 0.717) is 51.4 Å². The molecule has 7 nitrogen and oxygen atoms in total. The van der Waals surface area contributed by atoms with Crippen LogP contribution in [0.15, 0.2) is 28.7 Å². The molecule has 0 N–H and O–H groups in total. The number of fused-ring (bicyclic) bond motifs is 1. The number of furan rings is 1. The van der Waals surface area contributed by atoms with Gasteiger partial charge >= 0.3 is 0 Å². The summed E-state index contributed by atoms with van der Waals surface area (Å²) < 4.78 is 34.8. The number of rotatable bonds is 3. The van der Waals surface area contributed by atoms with E-state index in [1.807, 2.05) is 25.1 Å². The molecule has 0 saturated carbocycles. The fourth-order valence-corrected chi connectivity index (χ4v) is 5.78. The van der Waals surface area contributed by atoms with Crippen LogP contribution in [0.5, 0.6) is 0 Å². The van der Waals surface area contributed by atoms with Crippen molar-refractivity contribution in [3.05, 3.63) is 35.6 Å². The molecule has 0 atom stereocenters. The largest absolute Gasteiger partial charge is 0.451 e. The predicted molar refractivity (Wildman–Crippen MR) is 107 cm³/mol. The van der Waals surface area contributed by atoms with Crippen molar-refractivity contribution in [2.75, 3.05) is 39.3 Å². The van der Waals surface area contributed by atoms with Gasteiger partial charge in [-0.15, -0.1) is 0 Å². The zero-order valence-electron chi connectivity index (χ0n) is 16.3. The van der Waals surface area contributed by atoms with E-state index in [9.17, 15) is 13.2 Å². The Labute approximate surface area is 166 Å². The number of amides is 1. The highest BCUT2D eigenvalue weighted by molar-refractivity contribution is 7.86. The van der Waals surface area contributed by atoms with Crippen LogP contribution in [0, 0.1) is 6.92 Å². The van der Waals surface area contributed by atoms with E-state index in [2.05, 4.69) is 0 Å². The fourth-order valence-electron chi connectivity index (χ4n) is 4.06. The molecular formula is C20H27N3O4S. The van der Waals surface area contributed by atoms with Gasteiger partial charge in [0.2, 0.25) is 0 Å². The Bertz CT molecular complexity index is 963. The van der Waals surface area contributed by atoms with Crippen LogP contribution >= 0.6 is 0 Å². The van der Waals surface area contributed by atoms with Crippen molar-refractivity contribution in [2.24, 2.45) is 0 Å². The number of aryl methyl sites for hydroxylation is 1. The molecule has 28 heavy (non-hydrogen) atoms. The smallest absolute Gasteiger partial charge is 0.289 e. The van der Waals surface area contributed by atoms with Gasteiger partial charge in [0.15, 0.2) is 5.76 Å². The van der Waals surface area contributed by atoms with Gasteiger partial charge in [0.25, 0.3) is 16.1 Å². The van der Waals surface area contributed by atoms with E-state index < -0.39 is 10.2 Å². The van der Waals surface area contributed by atoms with Crippen molar-refractivity contribution < 1.29 is 17.6 Å². The molecule has 3 heterocycles. The average molecular weight is 406 g/mol. The number of nitrogens with zero attached hydrogens (tertiary/aromatic N) is 3. The number of benzene rings is 1. The molecule has 8 heteroatoms. The van der Waals surface area contributed by atoms with Crippen LogP contribution in [-0.2, 0) is 10.2 Å². The third-order valence-electron chi connectivity index (χ3n) is 5.66. The molecule has 2 aliphatic heterocycles. The third-order valence-corrected chi connectivity index (χ3v) is 7.70. The summed E-state index contributed by atoms with van der Waals surface area (Å²) in [5, 5.41) is 0.910. The average Bonchev–Trinajstić information content (AvgIpc) is 2.99. The molecule has 2 fully saturated rings. The van der Waals surface area contributed by atoms with E-state index in [1.165, 1.54) is 4.31 Å². The van der Waals surface area contributed by atoms with E-state index in [0.717, 1.165) is 35.8 Å². The molecule has 152 valence electrons. The lowest BCUT2D eigenvalue weighted by molar-refractivity contribution is 0.0734. The second-order valence-corrected chi connectivity index (χ2v) is 9.54. The maximum Gasteiger partial charge on any atom is 0.289 e. The first-order chi connectivity index (χ1) is 13.5. The quantitative estimate of drug-likeness (QED) is 0.787. The third kappa shape index (κ3) is 3.68. The monoisotopic (exact) mass is 405 g/mol. The lowest BCUT2D eigenvalue weighted by atomic mass is 10.2. The molecule has 0 spiro atoms. The molecular weight excluding hydrogens is 378 g/mol. The number of hydrogen-bond donors (Lipinski definition) is 0. The lowest BCUT2D eigenvalue weighted by Crippen LogP contribution is -2.47. The molecule has 0 unspecified atom stereocenters. The van der Waals surface area contributed by atoms with Gasteiger partial charge in [-0.3, -0.25) is 4.79 Å². The lowest BCUT2D eigenvalue weighted by Gasteiger charge is -2.31. The standard InChI is InChI=1S/C20H27N3O4S/c1-16-7-5-8-17-15-18(27-19(16)17)20(24)21-9-6-12-23(14-13-21)28(25,26)22-10-3-2-4-11-22/h5,7-8,15H,2-4,6,9-14H2,1H3. The maximum absolute atomic E-state index is 12.9. The first-order valence-electron chi connectivity index (χ1n) is 10.0. The summed E-state index contributed by atoms with van der Waals surface area (Å²) >= 11 is 0. The van der Waals surface area contributed by atoms with Gasteiger partial charge in [0, 0.05) is 44.7 Å². The maximum atomic E-state index is 12.9. The van der Waals surface area contributed by atoms with Crippen LogP contribution in [0.25, 0.3) is 11.0 Å². The topological polar surface area (TPSA) is 74.1 Å². The van der Waals surface area contributed by atoms with Crippen LogP contribution in [0.2, 0.25) is 0 Å². The second kappa shape index (κ2) is 7.85. The Morgan fingerprint density at radius 2 is 1.64 bits per heavy atom. The minimum Gasteiger partial charge on any atom is -0.451 e. The van der Waals surface area contributed by atoms with Gasteiger partial charge in [-0.25, -0.2) is 0 Å². The number of piperidine rings is 1. The van der Waals surface area contributed by atoms with Crippen LogP contribution in [0.1, 0.15) is 41.8 Å². The number of carbonyl (C=O) groups excluding carboxylic acids is 1. The van der Waals surface area contributed by atoms with E-state index in [1.54, 1.807) is 15.3 Å². The first-order valence-corrected chi connectivity index (χ1v) is 11.4. The minimum atomic E-state index is -3.44. The molecule has 0 aliphatic carbocycles. The zero-order chi connectivity index (χ0) is 19.7. The van der Waals surface area contributed by atoms with Crippen molar-refractivity contribution in [3.63, 3.8) is 0 Å². The molecule has 2 saturated heterocycles. The summed E-state index contributed by atoms with van der Waals surface area (Å²) in [6.45, 7) is 4.82. The molecule has 0 radical (unpaired) electrons. The Kier molecular flexibility index (Phi) is 5.44. The number of hydrogen-bond acceptors (Lipinski definition) is 4.